The molecule has 0 fully saturated rings. The Labute approximate surface area is 610 Å². The van der Waals surface area contributed by atoms with Gasteiger partial charge in [0.2, 0.25) is 0 Å². The van der Waals surface area contributed by atoms with Gasteiger partial charge in [-0.1, -0.05) is 328 Å². The van der Waals surface area contributed by atoms with Crippen molar-refractivity contribution in [1.29, 1.82) is 0 Å². The summed E-state index contributed by atoms with van der Waals surface area (Å²) >= 11 is 3.86. The quantitative estimate of drug-likeness (QED) is 0.0896. The monoisotopic (exact) mass is 1400 g/mol. The van der Waals surface area contributed by atoms with Gasteiger partial charge in [0.15, 0.2) is 34.9 Å². The molecule has 0 spiro atoms. The molecule has 4 aromatic heterocycles. The third-order valence-electron chi connectivity index (χ3n) is 18.4. The molecule has 4 heterocycles. The van der Waals surface area contributed by atoms with Crippen LogP contribution in [0.2, 0.25) is 0 Å². The van der Waals surface area contributed by atoms with Crippen molar-refractivity contribution in [3.8, 4) is 124 Å². The van der Waals surface area contributed by atoms with Crippen LogP contribution < -0.4 is 5.46 Å². The highest BCUT2D eigenvalue weighted by Gasteiger charge is 2.21. The first-order chi connectivity index (χ1) is 51.3. The Kier molecular flexibility index (Phi) is 18.9. The Morgan fingerprint density at radius 1 is 0.202 bits per heavy atom. The molecule has 0 aliphatic heterocycles. The molecule has 0 saturated carbocycles. The number of rotatable bonds is 12. The summed E-state index contributed by atoms with van der Waals surface area (Å²) in [6.45, 7) is 0. The highest BCUT2D eigenvalue weighted by atomic mass is 79.9. The predicted octanol–water partition coefficient (Wildman–Crippen LogP) is 21.6. The number of pyridine rings is 2. The van der Waals surface area contributed by atoms with Gasteiger partial charge in [-0.15, -0.1) is 0 Å². The molecule has 18 rings (SSSR count). The van der Waals surface area contributed by atoms with Crippen LogP contribution in [0.15, 0.2) is 369 Å². The second kappa shape index (κ2) is 30.0. The van der Waals surface area contributed by atoms with Crippen LogP contribution in [0.3, 0.4) is 0 Å². The zero-order valence-electron chi connectivity index (χ0n) is 56.1. The molecule has 2 N–H and O–H groups in total. The minimum Gasteiger partial charge on any atom is -0.423 e. The molecule has 0 atom stereocenters. The summed E-state index contributed by atoms with van der Waals surface area (Å²) in [6, 6.07) is 116. The number of nitrogens with zero attached hydrogens (tertiary/aromatic N) is 8. The first kappa shape index (κ1) is 65.5. The van der Waals surface area contributed by atoms with Crippen molar-refractivity contribution in [2.24, 2.45) is 0 Å². The molecular formula is C92H62BBrN8O2. The summed E-state index contributed by atoms with van der Waals surface area (Å²) in [5.41, 5.74) is 17.6. The highest BCUT2D eigenvalue weighted by molar-refractivity contribution is 9.10. The maximum absolute atomic E-state index is 8.93. The molecule has 492 valence electrons. The molecule has 0 bridgehead atoms. The minimum absolute atomic E-state index is 0.489. The van der Waals surface area contributed by atoms with Gasteiger partial charge in [-0.3, -0.25) is 9.97 Å². The van der Waals surface area contributed by atoms with Gasteiger partial charge in [0.1, 0.15) is 0 Å². The van der Waals surface area contributed by atoms with Crippen LogP contribution in [0.1, 0.15) is 0 Å². The summed E-state index contributed by atoms with van der Waals surface area (Å²) in [4.78, 5) is 37.7. The predicted molar refractivity (Wildman–Crippen MR) is 429 cm³/mol. The first-order valence-electron chi connectivity index (χ1n) is 34.2. The van der Waals surface area contributed by atoms with E-state index in [2.05, 4.69) is 202 Å². The van der Waals surface area contributed by atoms with Crippen LogP contribution in [0.4, 0.5) is 0 Å². The van der Waals surface area contributed by atoms with Crippen LogP contribution in [-0.2, 0) is 0 Å². The Morgan fingerprint density at radius 2 is 0.413 bits per heavy atom. The molecule has 14 aromatic carbocycles. The number of hydrogen-bond donors (Lipinski definition) is 2. The van der Waals surface area contributed by atoms with Crippen molar-refractivity contribution in [2.75, 3.05) is 0 Å². The Morgan fingerprint density at radius 3 is 0.673 bits per heavy atom. The van der Waals surface area contributed by atoms with E-state index in [1.165, 1.54) is 65.3 Å². The van der Waals surface area contributed by atoms with Gasteiger partial charge >= 0.3 is 7.12 Å². The second-order valence-corrected chi connectivity index (χ2v) is 25.7. The van der Waals surface area contributed by atoms with Crippen LogP contribution >= 0.6 is 15.9 Å². The minimum atomic E-state index is -1.41. The average molecular weight is 1400 g/mol. The summed E-state index contributed by atoms with van der Waals surface area (Å²) in [5.74, 6) is 3.92. The average Bonchev–Trinajstić information content (AvgIpc) is 0.750. The lowest BCUT2D eigenvalue weighted by Gasteiger charge is -2.18. The van der Waals surface area contributed by atoms with Gasteiger partial charge in [-0.2, -0.15) is 0 Å². The zero-order valence-corrected chi connectivity index (χ0v) is 57.7. The standard InChI is InChI=1S/C46H30N4.C35H22BrN3.C11H10BNO2/c1-3-12-34(13-4-1)44-48-45(35-14-5-2-6-15-35)50-46(49-44)36-27-25-33(26-28-36)43-40-19-9-7-17-38(40)42(39-18-8-10-20-41(39)43)32-23-21-31(22-24-32)37-16-11-29-47-30-37;36-32-29-17-9-7-15-27(29)31(28-16-8-10-18-30(28)32)23-19-21-26(22-20-23)35-38-33(24-11-3-1-4-12-24)37-34(39-35)25-13-5-2-6-14-25;14-12(15)11-5-3-9(4-6-11)10-2-1-7-13-8-10/h1-30H;1-22H;1-8,14-15H. The van der Waals surface area contributed by atoms with Crippen LogP contribution in [0, 0.1) is 0 Å². The van der Waals surface area contributed by atoms with E-state index in [1.807, 2.05) is 164 Å². The molecule has 0 amide bonds. The van der Waals surface area contributed by atoms with Crippen molar-refractivity contribution in [3.05, 3.63) is 369 Å². The lowest BCUT2D eigenvalue weighted by atomic mass is 9.80. The van der Waals surface area contributed by atoms with Gasteiger partial charge in [-0.25, -0.2) is 29.9 Å². The molecule has 104 heavy (non-hydrogen) atoms. The number of halogens is 1. The highest BCUT2D eigenvalue weighted by Crippen LogP contribution is 2.46. The molecule has 12 heteroatoms. The van der Waals surface area contributed by atoms with Crippen LogP contribution in [0.5, 0.6) is 0 Å². The SMILES string of the molecule is Brc1c2ccccc2c(-c2ccc(-c3nc(-c4ccccc4)nc(-c4ccccc4)n3)cc2)c2ccccc12.OB(O)c1ccc(-c2cccnc2)cc1.c1ccc(-c2nc(-c3ccccc3)nc(-c3ccc(-c4c5ccccc5c(-c5ccc(-c6cccnc6)cc5)c5ccccc45)cc3)n2)cc1. The Hall–Kier alpha value is -13.1. The van der Waals surface area contributed by atoms with Crippen molar-refractivity contribution in [1.82, 2.24) is 39.9 Å². The number of hydrogen-bond acceptors (Lipinski definition) is 10. The number of fused-ring (bicyclic) bond motifs is 4. The number of benzene rings is 14. The molecule has 0 radical (unpaired) electrons. The van der Waals surface area contributed by atoms with E-state index in [1.54, 1.807) is 24.5 Å². The molecule has 10 nitrogen and oxygen atoms in total. The fraction of sp³-hybridized carbons (Fsp3) is 0. The molecule has 0 saturated heterocycles. The topological polar surface area (TPSA) is 144 Å². The first-order valence-corrected chi connectivity index (χ1v) is 35.0. The van der Waals surface area contributed by atoms with Gasteiger partial charge in [-0.05, 0) is 132 Å². The van der Waals surface area contributed by atoms with Crippen LogP contribution in [-0.4, -0.2) is 57.0 Å². The lowest BCUT2D eigenvalue weighted by molar-refractivity contribution is 0.426. The van der Waals surface area contributed by atoms with Crippen molar-refractivity contribution in [2.45, 2.75) is 0 Å². The molecule has 18 aromatic rings. The summed E-state index contributed by atoms with van der Waals surface area (Å²) in [7, 11) is -1.41. The summed E-state index contributed by atoms with van der Waals surface area (Å²) in [5, 5.41) is 27.6. The maximum atomic E-state index is 8.93. The van der Waals surface area contributed by atoms with Crippen molar-refractivity contribution in [3.63, 3.8) is 0 Å². The van der Waals surface area contributed by atoms with E-state index in [0.717, 1.165) is 71.2 Å². The molecule has 0 unspecified atom stereocenters. The summed E-state index contributed by atoms with van der Waals surface area (Å²) < 4.78 is 1.13. The van der Waals surface area contributed by atoms with E-state index in [4.69, 9.17) is 40.0 Å². The second-order valence-electron chi connectivity index (χ2n) is 24.9. The van der Waals surface area contributed by atoms with Gasteiger partial charge in [0.25, 0.3) is 0 Å². The van der Waals surface area contributed by atoms with Crippen molar-refractivity contribution < 1.29 is 10.0 Å². The fourth-order valence-corrected chi connectivity index (χ4v) is 14.0. The lowest BCUT2D eigenvalue weighted by Crippen LogP contribution is -2.29. The number of aromatic nitrogens is 8. The van der Waals surface area contributed by atoms with Crippen LogP contribution in [0.25, 0.3) is 167 Å². The molecule has 0 aliphatic carbocycles. The molecule has 0 aliphatic rings. The Bertz CT molecular complexity index is 5810. The van der Waals surface area contributed by atoms with Gasteiger partial charge in [0.05, 0.1) is 0 Å². The summed E-state index contributed by atoms with van der Waals surface area (Å²) in [6.07, 6.45) is 7.20. The zero-order chi connectivity index (χ0) is 70.1. The fourth-order valence-electron chi connectivity index (χ4n) is 13.3. The normalized spacial score (nSPS) is 11.0. The van der Waals surface area contributed by atoms with E-state index in [0.29, 0.717) is 40.4 Å². The van der Waals surface area contributed by atoms with E-state index in [-0.39, 0.29) is 0 Å². The van der Waals surface area contributed by atoms with Crippen molar-refractivity contribution >= 4 is 71.6 Å². The smallest absolute Gasteiger partial charge is 0.423 e. The van der Waals surface area contributed by atoms with Gasteiger partial charge < -0.3 is 10.0 Å². The largest absolute Gasteiger partial charge is 0.488 e. The van der Waals surface area contributed by atoms with E-state index < -0.39 is 7.12 Å². The van der Waals surface area contributed by atoms with Gasteiger partial charge in [0, 0.05) is 62.6 Å². The third kappa shape index (κ3) is 13.8. The van der Waals surface area contributed by atoms with E-state index >= 15 is 0 Å². The Balaban J connectivity index is 0.000000136. The van der Waals surface area contributed by atoms with E-state index in [9.17, 15) is 0 Å². The third-order valence-corrected chi connectivity index (χ3v) is 19.3. The molecular weight excluding hydrogens is 1340 g/mol. The maximum Gasteiger partial charge on any atom is 0.488 e.